The average molecular weight is 238 g/mol. The zero-order valence-corrected chi connectivity index (χ0v) is 10.4. The average Bonchev–Trinajstić information content (AvgIpc) is 3.15. The smallest absolute Gasteiger partial charge is 0.124 e. The van der Waals surface area contributed by atoms with E-state index >= 15 is 0 Å². The molecule has 0 spiro atoms. The van der Waals surface area contributed by atoms with Gasteiger partial charge in [0.1, 0.15) is 6.29 Å². The van der Waals surface area contributed by atoms with E-state index in [0.29, 0.717) is 6.42 Å². The summed E-state index contributed by atoms with van der Waals surface area (Å²) in [7, 11) is 1.00. The van der Waals surface area contributed by atoms with Crippen molar-refractivity contribution < 1.29 is 9.90 Å². The Bertz CT molecular complexity index is 304. The number of benzene rings is 1. The molecule has 0 unspecified atom stereocenters. The molecule has 3 heteroatoms. The van der Waals surface area contributed by atoms with Gasteiger partial charge in [-0.1, -0.05) is 12.1 Å². The van der Waals surface area contributed by atoms with E-state index in [0.717, 1.165) is 24.9 Å². The van der Waals surface area contributed by atoms with Gasteiger partial charge in [0.15, 0.2) is 0 Å². The molecular weight excluding hydrogens is 220 g/mol. The number of carbonyl (C=O) groups excluding carboxylic acids is 1. The first-order chi connectivity index (χ1) is 7.88. The Morgan fingerprint density at radius 3 is 2.44 bits per heavy atom. The van der Waals surface area contributed by atoms with Crippen LogP contribution >= 0.6 is 11.8 Å². The molecule has 0 atom stereocenters. The Labute approximate surface area is 101 Å². The Balaban J connectivity index is 0.000000606. The molecule has 0 radical (unpaired) electrons. The van der Waals surface area contributed by atoms with Crippen LogP contribution in [0.1, 0.15) is 18.4 Å². The maximum atomic E-state index is 10.3. The minimum atomic E-state index is 0.535. The van der Waals surface area contributed by atoms with Gasteiger partial charge in [-0.25, -0.2) is 0 Å². The fourth-order valence-electron chi connectivity index (χ4n) is 1.32. The number of thioether (sulfide) groups is 1. The molecule has 1 aliphatic carbocycles. The van der Waals surface area contributed by atoms with Crippen LogP contribution in [-0.2, 0) is 11.2 Å². The first-order valence-corrected chi connectivity index (χ1v) is 6.47. The normalized spacial score (nSPS) is 13.9. The van der Waals surface area contributed by atoms with Crippen LogP contribution in [0.15, 0.2) is 29.2 Å². The highest BCUT2D eigenvalue weighted by Gasteiger charge is 2.20. The quantitative estimate of drug-likeness (QED) is 0.632. The van der Waals surface area contributed by atoms with Crippen LogP contribution < -0.4 is 0 Å². The third-order valence-electron chi connectivity index (χ3n) is 2.43. The molecule has 2 nitrogen and oxygen atoms in total. The van der Waals surface area contributed by atoms with Crippen LogP contribution in [0.2, 0.25) is 0 Å². The first kappa shape index (κ1) is 13.3. The van der Waals surface area contributed by atoms with Gasteiger partial charge in [0, 0.05) is 24.2 Å². The van der Waals surface area contributed by atoms with Crippen LogP contribution in [0.3, 0.4) is 0 Å². The summed E-state index contributed by atoms with van der Waals surface area (Å²) in [5.41, 5.74) is 1.11. The predicted molar refractivity (Wildman–Crippen MR) is 67.8 cm³/mol. The molecule has 0 amide bonds. The van der Waals surface area contributed by atoms with Crippen molar-refractivity contribution in [2.75, 3.05) is 12.9 Å². The van der Waals surface area contributed by atoms with Crippen LogP contribution in [0.5, 0.6) is 0 Å². The van der Waals surface area contributed by atoms with Gasteiger partial charge in [0.2, 0.25) is 0 Å². The van der Waals surface area contributed by atoms with Crippen molar-refractivity contribution in [3.8, 4) is 0 Å². The second-order valence-corrected chi connectivity index (χ2v) is 4.86. The van der Waals surface area contributed by atoms with Gasteiger partial charge in [-0.3, -0.25) is 0 Å². The second kappa shape index (κ2) is 7.47. The molecule has 0 aliphatic heterocycles. The van der Waals surface area contributed by atoms with Crippen molar-refractivity contribution in [2.24, 2.45) is 5.92 Å². The van der Waals surface area contributed by atoms with Gasteiger partial charge in [0.05, 0.1) is 0 Å². The van der Waals surface area contributed by atoms with Crippen molar-refractivity contribution >= 4 is 18.0 Å². The zero-order valence-electron chi connectivity index (χ0n) is 9.56. The molecular formula is C13H18O2S. The Morgan fingerprint density at radius 1 is 1.31 bits per heavy atom. The third kappa shape index (κ3) is 4.81. The van der Waals surface area contributed by atoms with E-state index in [1.807, 2.05) is 23.9 Å². The summed E-state index contributed by atoms with van der Waals surface area (Å²) in [5.74, 6) is 2.22. The molecule has 1 aromatic rings. The molecule has 0 heterocycles. The number of hydrogen-bond donors (Lipinski definition) is 1. The van der Waals surface area contributed by atoms with Gasteiger partial charge in [-0.2, -0.15) is 0 Å². The van der Waals surface area contributed by atoms with Crippen molar-refractivity contribution in [3.05, 3.63) is 29.8 Å². The number of aldehydes is 1. The minimum absolute atomic E-state index is 0.535. The SMILES string of the molecule is CO.O=CCc1ccc(SCC2CC2)cc1. The first-order valence-electron chi connectivity index (χ1n) is 5.48. The third-order valence-corrected chi connectivity index (χ3v) is 3.67. The molecule has 88 valence electrons. The van der Waals surface area contributed by atoms with Crippen molar-refractivity contribution in [3.63, 3.8) is 0 Å². The highest BCUT2D eigenvalue weighted by Crippen LogP contribution is 2.34. The molecule has 1 aromatic carbocycles. The number of carbonyl (C=O) groups is 1. The monoisotopic (exact) mass is 238 g/mol. The van der Waals surface area contributed by atoms with E-state index in [1.54, 1.807) is 0 Å². The van der Waals surface area contributed by atoms with Crippen LogP contribution in [0, 0.1) is 5.92 Å². The lowest BCUT2D eigenvalue weighted by molar-refractivity contribution is -0.107. The summed E-state index contributed by atoms with van der Waals surface area (Å²) in [4.78, 5) is 11.6. The summed E-state index contributed by atoms with van der Waals surface area (Å²) < 4.78 is 0. The summed E-state index contributed by atoms with van der Waals surface area (Å²) in [6, 6.07) is 8.32. The lowest BCUT2D eigenvalue weighted by Crippen LogP contribution is -1.85. The molecule has 0 saturated heterocycles. The summed E-state index contributed by atoms with van der Waals surface area (Å²) in [5, 5.41) is 7.00. The van der Waals surface area contributed by atoms with Gasteiger partial charge >= 0.3 is 0 Å². The molecule has 1 fully saturated rings. The number of aliphatic hydroxyl groups excluding tert-OH is 1. The Kier molecular flexibility index (Phi) is 6.19. The lowest BCUT2D eigenvalue weighted by atomic mass is 10.2. The molecule has 2 rings (SSSR count). The highest BCUT2D eigenvalue weighted by atomic mass is 32.2. The van der Waals surface area contributed by atoms with Gasteiger partial charge in [0.25, 0.3) is 0 Å². The fraction of sp³-hybridized carbons (Fsp3) is 0.462. The van der Waals surface area contributed by atoms with E-state index < -0.39 is 0 Å². The van der Waals surface area contributed by atoms with E-state index in [9.17, 15) is 4.79 Å². The van der Waals surface area contributed by atoms with Crippen LogP contribution in [-0.4, -0.2) is 24.3 Å². The maximum Gasteiger partial charge on any atom is 0.124 e. The molecule has 0 aromatic heterocycles. The molecule has 0 bridgehead atoms. The van der Waals surface area contributed by atoms with E-state index in [2.05, 4.69) is 12.1 Å². The number of hydrogen-bond acceptors (Lipinski definition) is 3. The summed E-state index contributed by atoms with van der Waals surface area (Å²) in [6.07, 6.45) is 4.31. The predicted octanol–water partition coefficient (Wildman–Crippen LogP) is 2.54. The minimum Gasteiger partial charge on any atom is -0.400 e. The number of rotatable bonds is 5. The molecule has 16 heavy (non-hydrogen) atoms. The Morgan fingerprint density at radius 2 is 1.94 bits per heavy atom. The standard InChI is InChI=1S/C12H14OS.CH4O/c13-8-7-10-3-5-12(6-4-10)14-9-11-1-2-11;1-2/h3-6,8,11H,1-2,7,9H2;2H,1H3. The van der Waals surface area contributed by atoms with Gasteiger partial charge in [-0.05, 0) is 36.5 Å². The zero-order chi connectivity index (χ0) is 11.8. The number of aliphatic hydroxyl groups is 1. The Hall–Kier alpha value is -0.800. The molecule has 1 saturated carbocycles. The van der Waals surface area contributed by atoms with Crippen molar-refractivity contribution in [1.29, 1.82) is 0 Å². The lowest BCUT2D eigenvalue weighted by Gasteiger charge is -2.01. The molecule has 1 N–H and O–H groups in total. The maximum absolute atomic E-state index is 10.3. The van der Waals surface area contributed by atoms with Gasteiger partial charge in [-0.15, -0.1) is 11.8 Å². The van der Waals surface area contributed by atoms with Crippen LogP contribution in [0.25, 0.3) is 0 Å². The highest BCUT2D eigenvalue weighted by molar-refractivity contribution is 7.99. The summed E-state index contributed by atoms with van der Waals surface area (Å²) >= 11 is 1.93. The van der Waals surface area contributed by atoms with Gasteiger partial charge < -0.3 is 9.90 Å². The van der Waals surface area contributed by atoms with Crippen molar-refractivity contribution in [1.82, 2.24) is 0 Å². The largest absolute Gasteiger partial charge is 0.400 e. The topological polar surface area (TPSA) is 37.3 Å². The van der Waals surface area contributed by atoms with E-state index in [1.165, 1.54) is 23.5 Å². The molecule has 1 aliphatic rings. The summed E-state index contributed by atoms with van der Waals surface area (Å²) in [6.45, 7) is 0. The van der Waals surface area contributed by atoms with Crippen LogP contribution in [0.4, 0.5) is 0 Å². The van der Waals surface area contributed by atoms with E-state index in [-0.39, 0.29) is 0 Å². The van der Waals surface area contributed by atoms with Crippen molar-refractivity contribution in [2.45, 2.75) is 24.2 Å². The second-order valence-electron chi connectivity index (χ2n) is 3.77. The fourth-order valence-corrected chi connectivity index (χ4v) is 2.41. The van der Waals surface area contributed by atoms with E-state index in [4.69, 9.17) is 5.11 Å².